The van der Waals surface area contributed by atoms with Crippen molar-refractivity contribution in [2.45, 2.75) is 30.9 Å². The molecule has 4 nitrogen and oxygen atoms in total. The number of halogens is 1. The van der Waals surface area contributed by atoms with Gasteiger partial charge in [-0.15, -0.1) is 11.8 Å². The van der Waals surface area contributed by atoms with E-state index in [1.165, 1.54) is 0 Å². The van der Waals surface area contributed by atoms with Gasteiger partial charge in [0.1, 0.15) is 11.6 Å². The van der Waals surface area contributed by atoms with E-state index in [0.717, 1.165) is 27.9 Å². The Balaban J connectivity index is 2.11. The van der Waals surface area contributed by atoms with Crippen LogP contribution in [-0.4, -0.2) is 9.97 Å². The standard InChI is InChI=1S/C15H19ClN4S/c1-10(2)6-12-8-14(20-17)19-15(18-12)9-21-13-5-3-4-11(16)7-13/h3-5,7-8,10H,6,9,17H2,1-2H3,(H,18,19,20). The van der Waals surface area contributed by atoms with E-state index in [-0.39, 0.29) is 0 Å². The second-order valence-corrected chi connectivity index (χ2v) is 6.63. The van der Waals surface area contributed by atoms with Gasteiger partial charge in [0.15, 0.2) is 0 Å². The first-order valence-corrected chi connectivity index (χ1v) is 8.15. The minimum Gasteiger partial charge on any atom is -0.308 e. The van der Waals surface area contributed by atoms with E-state index in [2.05, 4.69) is 29.2 Å². The normalized spacial score (nSPS) is 10.9. The summed E-state index contributed by atoms with van der Waals surface area (Å²) >= 11 is 7.64. The number of nitrogens with two attached hydrogens (primary N) is 1. The molecule has 0 amide bonds. The molecule has 1 aromatic heterocycles. The first kappa shape index (κ1) is 16.1. The number of nitrogen functional groups attached to an aromatic ring is 1. The smallest absolute Gasteiger partial charge is 0.143 e. The van der Waals surface area contributed by atoms with Crippen LogP contribution in [-0.2, 0) is 12.2 Å². The Bertz CT molecular complexity index is 604. The summed E-state index contributed by atoms with van der Waals surface area (Å²) in [7, 11) is 0. The SMILES string of the molecule is CC(C)Cc1cc(NN)nc(CSc2cccc(Cl)c2)n1. The van der Waals surface area contributed by atoms with Gasteiger partial charge < -0.3 is 5.43 Å². The van der Waals surface area contributed by atoms with E-state index in [0.29, 0.717) is 17.5 Å². The van der Waals surface area contributed by atoms with Crippen LogP contribution in [0.15, 0.2) is 35.2 Å². The van der Waals surface area contributed by atoms with Gasteiger partial charge in [-0.25, -0.2) is 15.8 Å². The zero-order chi connectivity index (χ0) is 15.2. The third-order valence-corrected chi connectivity index (χ3v) is 3.98. The number of aromatic nitrogens is 2. The van der Waals surface area contributed by atoms with Crippen molar-refractivity contribution in [3.8, 4) is 0 Å². The molecule has 1 heterocycles. The van der Waals surface area contributed by atoms with Crippen LogP contribution in [0, 0.1) is 5.92 Å². The molecular formula is C15H19ClN4S. The van der Waals surface area contributed by atoms with Gasteiger partial charge in [-0.3, -0.25) is 0 Å². The number of hydrogen-bond acceptors (Lipinski definition) is 5. The second-order valence-electron chi connectivity index (χ2n) is 5.15. The van der Waals surface area contributed by atoms with Crippen LogP contribution >= 0.6 is 23.4 Å². The van der Waals surface area contributed by atoms with Crippen molar-refractivity contribution in [2.75, 3.05) is 5.43 Å². The van der Waals surface area contributed by atoms with Crippen LogP contribution in [0.2, 0.25) is 5.02 Å². The second kappa shape index (κ2) is 7.64. The summed E-state index contributed by atoms with van der Waals surface area (Å²) in [5.41, 5.74) is 3.62. The third kappa shape index (κ3) is 5.19. The first-order valence-electron chi connectivity index (χ1n) is 6.78. The van der Waals surface area contributed by atoms with Crippen LogP contribution in [0.3, 0.4) is 0 Å². The minimum atomic E-state index is 0.541. The molecule has 0 saturated carbocycles. The molecule has 6 heteroatoms. The number of thioether (sulfide) groups is 1. The Kier molecular flexibility index (Phi) is 5.85. The molecule has 21 heavy (non-hydrogen) atoms. The highest BCUT2D eigenvalue weighted by molar-refractivity contribution is 7.98. The number of benzene rings is 1. The van der Waals surface area contributed by atoms with Crippen molar-refractivity contribution in [1.29, 1.82) is 0 Å². The van der Waals surface area contributed by atoms with E-state index in [1.54, 1.807) is 11.8 Å². The maximum atomic E-state index is 5.99. The van der Waals surface area contributed by atoms with Gasteiger partial charge in [-0.05, 0) is 30.5 Å². The Hall–Kier alpha value is -1.30. The van der Waals surface area contributed by atoms with Crippen LogP contribution in [0.5, 0.6) is 0 Å². The quantitative estimate of drug-likeness (QED) is 0.479. The van der Waals surface area contributed by atoms with Gasteiger partial charge in [0.25, 0.3) is 0 Å². The topological polar surface area (TPSA) is 63.8 Å². The van der Waals surface area contributed by atoms with Gasteiger partial charge >= 0.3 is 0 Å². The Morgan fingerprint density at radius 2 is 2.10 bits per heavy atom. The summed E-state index contributed by atoms with van der Waals surface area (Å²) < 4.78 is 0. The van der Waals surface area contributed by atoms with E-state index < -0.39 is 0 Å². The summed E-state index contributed by atoms with van der Waals surface area (Å²) in [4.78, 5) is 10.1. The lowest BCUT2D eigenvalue weighted by Gasteiger charge is -2.09. The van der Waals surface area contributed by atoms with Crippen molar-refractivity contribution < 1.29 is 0 Å². The van der Waals surface area contributed by atoms with Crippen molar-refractivity contribution in [1.82, 2.24) is 9.97 Å². The number of rotatable bonds is 6. The highest BCUT2D eigenvalue weighted by atomic mass is 35.5. The molecule has 0 radical (unpaired) electrons. The van der Waals surface area contributed by atoms with Gasteiger partial charge in [0, 0.05) is 21.7 Å². The molecule has 0 atom stereocenters. The van der Waals surface area contributed by atoms with Crippen molar-refractivity contribution in [2.24, 2.45) is 11.8 Å². The average Bonchev–Trinajstić information content (AvgIpc) is 2.44. The highest BCUT2D eigenvalue weighted by Gasteiger charge is 2.07. The number of hydrogen-bond donors (Lipinski definition) is 2. The lowest BCUT2D eigenvalue weighted by Crippen LogP contribution is -2.12. The van der Waals surface area contributed by atoms with Crippen LogP contribution < -0.4 is 11.3 Å². The van der Waals surface area contributed by atoms with Crippen molar-refractivity contribution in [3.63, 3.8) is 0 Å². The average molecular weight is 323 g/mol. The molecule has 2 aromatic rings. The fourth-order valence-corrected chi connectivity index (χ4v) is 2.98. The largest absolute Gasteiger partial charge is 0.308 e. The number of nitrogens with one attached hydrogen (secondary N) is 1. The van der Waals surface area contributed by atoms with E-state index >= 15 is 0 Å². The summed E-state index contributed by atoms with van der Waals surface area (Å²) in [5, 5.41) is 0.735. The maximum Gasteiger partial charge on any atom is 0.143 e. The van der Waals surface area contributed by atoms with Gasteiger partial charge in [0.2, 0.25) is 0 Å². The monoisotopic (exact) mass is 322 g/mol. The predicted molar refractivity (Wildman–Crippen MR) is 89.4 cm³/mol. The molecule has 2 rings (SSSR count). The Labute approximate surface area is 134 Å². The van der Waals surface area contributed by atoms with Crippen molar-refractivity contribution in [3.05, 3.63) is 46.9 Å². The lowest BCUT2D eigenvalue weighted by atomic mass is 10.1. The molecule has 112 valence electrons. The molecule has 0 aliphatic rings. The van der Waals surface area contributed by atoms with E-state index in [9.17, 15) is 0 Å². The lowest BCUT2D eigenvalue weighted by molar-refractivity contribution is 0.632. The number of nitrogens with zero attached hydrogens (tertiary/aromatic N) is 2. The van der Waals surface area contributed by atoms with Gasteiger partial charge in [-0.1, -0.05) is 31.5 Å². The zero-order valence-corrected chi connectivity index (χ0v) is 13.7. The molecule has 0 aliphatic heterocycles. The molecule has 3 N–H and O–H groups in total. The van der Waals surface area contributed by atoms with Gasteiger partial charge in [0.05, 0.1) is 5.75 Å². The van der Waals surface area contributed by atoms with E-state index in [1.807, 2.05) is 30.3 Å². The first-order chi connectivity index (χ1) is 10.1. The van der Waals surface area contributed by atoms with Crippen LogP contribution in [0.1, 0.15) is 25.4 Å². The zero-order valence-electron chi connectivity index (χ0n) is 12.1. The molecule has 0 saturated heterocycles. The summed E-state index contributed by atoms with van der Waals surface area (Å²) in [6, 6.07) is 9.66. The summed E-state index contributed by atoms with van der Waals surface area (Å²) in [6.07, 6.45) is 0.909. The molecule has 0 aliphatic carbocycles. The Morgan fingerprint density at radius 3 is 2.76 bits per heavy atom. The summed E-state index contributed by atoms with van der Waals surface area (Å²) in [5.74, 6) is 8.13. The summed E-state index contributed by atoms with van der Waals surface area (Å²) in [6.45, 7) is 4.33. The molecule has 1 aromatic carbocycles. The molecular weight excluding hydrogens is 304 g/mol. The molecule has 0 bridgehead atoms. The maximum absolute atomic E-state index is 5.99. The minimum absolute atomic E-state index is 0.541. The predicted octanol–water partition coefficient (Wildman–Crippen LogP) is 3.91. The van der Waals surface area contributed by atoms with Crippen LogP contribution in [0.4, 0.5) is 5.82 Å². The molecule has 0 unspecified atom stereocenters. The van der Waals surface area contributed by atoms with Crippen molar-refractivity contribution >= 4 is 29.2 Å². The van der Waals surface area contributed by atoms with E-state index in [4.69, 9.17) is 17.4 Å². The fraction of sp³-hybridized carbons (Fsp3) is 0.333. The fourth-order valence-electron chi connectivity index (χ4n) is 1.92. The van der Waals surface area contributed by atoms with Crippen LogP contribution in [0.25, 0.3) is 0 Å². The molecule has 0 fully saturated rings. The molecule has 0 spiro atoms. The Morgan fingerprint density at radius 1 is 1.29 bits per heavy atom. The number of anilines is 1. The van der Waals surface area contributed by atoms with Gasteiger partial charge in [-0.2, -0.15) is 0 Å². The number of hydrazine groups is 1. The third-order valence-electron chi connectivity index (χ3n) is 2.75. The highest BCUT2D eigenvalue weighted by Crippen LogP contribution is 2.24.